The summed E-state index contributed by atoms with van der Waals surface area (Å²) in [6.45, 7) is 5.64. The van der Waals surface area contributed by atoms with E-state index in [-0.39, 0.29) is 17.1 Å². The van der Waals surface area contributed by atoms with Crippen molar-refractivity contribution in [1.29, 1.82) is 0 Å². The predicted octanol–water partition coefficient (Wildman–Crippen LogP) is 1.38. The summed E-state index contributed by atoms with van der Waals surface area (Å²) in [6, 6.07) is 5.37. The largest absolute Gasteiger partial charge is 0.350 e. The van der Waals surface area contributed by atoms with Gasteiger partial charge in [0.2, 0.25) is 5.91 Å². The third-order valence-corrected chi connectivity index (χ3v) is 2.44. The Bertz CT molecular complexity index is 463. The lowest BCUT2D eigenvalue weighted by atomic mass is 10.0. The molecule has 6 nitrogen and oxygen atoms in total. The van der Waals surface area contributed by atoms with Crippen molar-refractivity contribution in [2.75, 3.05) is 0 Å². The smallest absolute Gasteiger partial charge is 0.269 e. The molecule has 0 saturated heterocycles. The van der Waals surface area contributed by atoms with Crippen LogP contribution in [0.5, 0.6) is 0 Å². The van der Waals surface area contributed by atoms with Gasteiger partial charge in [-0.25, -0.2) is 0 Å². The van der Waals surface area contributed by atoms with Crippen LogP contribution in [0, 0.1) is 10.1 Å². The third-order valence-electron chi connectivity index (χ3n) is 2.44. The van der Waals surface area contributed by atoms with Crippen LogP contribution in [0.25, 0.3) is 0 Å². The number of carbonyl (C=O) groups excluding carboxylic acids is 1. The zero-order chi connectivity index (χ0) is 14.6. The molecule has 0 radical (unpaired) electrons. The highest BCUT2D eigenvalue weighted by atomic mass is 16.6. The van der Waals surface area contributed by atoms with Gasteiger partial charge in [-0.2, -0.15) is 0 Å². The molecular weight excluding hydrogens is 246 g/mol. The van der Waals surface area contributed by atoms with Crippen LogP contribution >= 0.6 is 0 Å². The minimum atomic E-state index is -0.666. The van der Waals surface area contributed by atoms with E-state index in [1.165, 1.54) is 12.1 Å². The maximum atomic E-state index is 11.8. The number of rotatable bonds is 4. The maximum absolute atomic E-state index is 11.8. The minimum absolute atomic E-state index is 0.0245. The monoisotopic (exact) mass is 265 g/mol. The first kappa shape index (κ1) is 15.1. The van der Waals surface area contributed by atoms with Gasteiger partial charge in [0.15, 0.2) is 0 Å². The molecule has 3 N–H and O–H groups in total. The SMILES string of the molecule is CC(C)(C)NC(=O)[C@@H](N)Cc1ccc([N+](=O)[O-])cc1. The van der Waals surface area contributed by atoms with E-state index in [4.69, 9.17) is 5.73 Å². The van der Waals surface area contributed by atoms with Crippen molar-refractivity contribution in [2.45, 2.75) is 38.8 Å². The molecule has 19 heavy (non-hydrogen) atoms. The van der Waals surface area contributed by atoms with Crippen molar-refractivity contribution < 1.29 is 9.72 Å². The van der Waals surface area contributed by atoms with Crippen molar-refractivity contribution in [3.05, 3.63) is 39.9 Å². The highest BCUT2D eigenvalue weighted by molar-refractivity contribution is 5.82. The fourth-order valence-corrected chi connectivity index (χ4v) is 1.56. The number of carbonyl (C=O) groups is 1. The van der Waals surface area contributed by atoms with Crippen LogP contribution in [0.4, 0.5) is 5.69 Å². The van der Waals surface area contributed by atoms with E-state index in [0.717, 1.165) is 5.56 Å². The van der Waals surface area contributed by atoms with Gasteiger partial charge in [-0.3, -0.25) is 14.9 Å². The molecule has 0 aromatic heterocycles. The number of nitro groups is 1. The number of non-ortho nitro benzene ring substituents is 1. The standard InChI is InChI=1S/C13H19N3O3/c1-13(2,3)15-12(17)11(14)8-9-4-6-10(7-5-9)16(18)19/h4-7,11H,8,14H2,1-3H3,(H,15,17)/t11-/m0/s1. The number of hydrogen-bond donors (Lipinski definition) is 2. The van der Waals surface area contributed by atoms with Gasteiger partial charge in [0.1, 0.15) is 0 Å². The second-order valence-corrected chi connectivity index (χ2v) is 5.47. The molecule has 1 aromatic rings. The van der Waals surface area contributed by atoms with Crippen LogP contribution in [0.15, 0.2) is 24.3 Å². The number of nitro benzene ring substituents is 1. The van der Waals surface area contributed by atoms with Gasteiger partial charge in [-0.15, -0.1) is 0 Å². The van der Waals surface area contributed by atoms with Gasteiger partial charge < -0.3 is 11.1 Å². The first-order chi connectivity index (χ1) is 8.69. The number of nitrogens with zero attached hydrogens (tertiary/aromatic N) is 1. The number of hydrogen-bond acceptors (Lipinski definition) is 4. The van der Waals surface area contributed by atoms with Crippen molar-refractivity contribution in [3.8, 4) is 0 Å². The number of nitrogens with one attached hydrogen (secondary N) is 1. The lowest BCUT2D eigenvalue weighted by Gasteiger charge is -2.23. The molecule has 0 unspecified atom stereocenters. The van der Waals surface area contributed by atoms with Crippen LogP contribution in [-0.4, -0.2) is 22.4 Å². The molecule has 1 rings (SSSR count). The van der Waals surface area contributed by atoms with E-state index in [1.807, 2.05) is 20.8 Å². The zero-order valence-electron chi connectivity index (χ0n) is 11.3. The van der Waals surface area contributed by atoms with Crippen molar-refractivity contribution in [1.82, 2.24) is 5.32 Å². The lowest BCUT2D eigenvalue weighted by Crippen LogP contribution is -2.49. The van der Waals surface area contributed by atoms with Crippen LogP contribution in [0.2, 0.25) is 0 Å². The Balaban J connectivity index is 2.64. The molecular formula is C13H19N3O3. The molecule has 0 spiro atoms. The van der Waals surface area contributed by atoms with E-state index < -0.39 is 11.0 Å². The number of amides is 1. The number of benzene rings is 1. The Hall–Kier alpha value is -1.95. The molecule has 1 atom stereocenters. The molecule has 0 aliphatic heterocycles. The Morgan fingerprint density at radius 2 is 1.89 bits per heavy atom. The van der Waals surface area contributed by atoms with Gasteiger partial charge in [0.25, 0.3) is 5.69 Å². The van der Waals surface area contributed by atoms with Gasteiger partial charge in [0.05, 0.1) is 11.0 Å². The van der Waals surface area contributed by atoms with E-state index in [1.54, 1.807) is 12.1 Å². The highest BCUT2D eigenvalue weighted by Gasteiger charge is 2.20. The summed E-state index contributed by atoms with van der Waals surface area (Å²) in [5, 5.41) is 13.3. The molecule has 6 heteroatoms. The Morgan fingerprint density at radius 1 is 1.37 bits per heavy atom. The Morgan fingerprint density at radius 3 is 2.32 bits per heavy atom. The molecule has 0 aliphatic rings. The molecule has 0 bridgehead atoms. The van der Waals surface area contributed by atoms with Crippen LogP contribution < -0.4 is 11.1 Å². The molecule has 0 fully saturated rings. The van der Waals surface area contributed by atoms with Crippen molar-refractivity contribution in [2.24, 2.45) is 5.73 Å². The quantitative estimate of drug-likeness (QED) is 0.634. The lowest BCUT2D eigenvalue weighted by molar-refractivity contribution is -0.384. The summed E-state index contributed by atoms with van der Waals surface area (Å²) in [4.78, 5) is 21.8. The summed E-state index contributed by atoms with van der Waals surface area (Å²) >= 11 is 0. The van der Waals surface area contributed by atoms with Gasteiger partial charge in [-0.1, -0.05) is 12.1 Å². The maximum Gasteiger partial charge on any atom is 0.269 e. The molecule has 0 aliphatic carbocycles. The minimum Gasteiger partial charge on any atom is -0.350 e. The van der Waals surface area contributed by atoms with E-state index in [2.05, 4.69) is 5.32 Å². The number of nitrogens with two attached hydrogens (primary N) is 1. The van der Waals surface area contributed by atoms with Crippen LogP contribution in [0.3, 0.4) is 0 Å². The molecule has 0 heterocycles. The predicted molar refractivity (Wildman–Crippen MR) is 72.7 cm³/mol. The molecule has 1 amide bonds. The summed E-state index contributed by atoms with van der Waals surface area (Å²) in [6.07, 6.45) is 0.347. The van der Waals surface area contributed by atoms with E-state index >= 15 is 0 Å². The first-order valence-electron chi connectivity index (χ1n) is 6.00. The van der Waals surface area contributed by atoms with E-state index in [0.29, 0.717) is 6.42 Å². The molecule has 0 saturated carbocycles. The van der Waals surface area contributed by atoms with Gasteiger partial charge >= 0.3 is 0 Å². The van der Waals surface area contributed by atoms with Crippen molar-refractivity contribution >= 4 is 11.6 Å². The summed E-state index contributed by atoms with van der Waals surface area (Å²) in [5.41, 5.74) is 6.30. The normalized spacial score (nSPS) is 12.8. The first-order valence-corrected chi connectivity index (χ1v) is 6.00. The fraction of sp³-hybridized carbons (Fsp3) is 0.462. The molecule has 1 aromatic carbocycles. The van der Waals surface area contributed by atoms with Crippen LogP contribution in [-0.2, 0) is 11.2 Å². The fourth-order valence-electron chi connectivity index (χ4n) is 1.56. The summed E-state index contributed by atoms with van der Waals surface area (Å²) < 4.78 is 0. The van der Waals surface area contributed by atoms with Gasteiger partial charge in [0, 0.05) is 17.7 Å². The second-order valence-electron chi connectivity index (χ2n) is 5.47. The third kappa shape index (κ3) is 5.05. The summed E-state index contributed by atoms with van der Waals surface area (Å²) in [7, 11) is 0. The Kier molecular flexibility index (Phi) is 4.61. The van der Waals surface area contributed by atoms with Crippen molar-refractivity contribution in [3.63, 3.8) is 0 Å². The average Bonchev–Trinajstić information content (AvgIpc) is 2.27. The zero-order valence-corrected chi connectivity index (χ0v) is 11.3. The van der Waals surface area contributed by atoms with E-state index in [9.17, 15) is 14.9 Å². The highest BCUT2D eigenvalue weighted by Crippen LogP contribution is 2.13. The van der Waals surface area contributed by atoms with Gasteiger partial charge in [-0.05, 0) is 32.8 Å². The topological polar surface area (TPSA) is 98.3 Å². The average molecular weight is 265 g/mol. The molecule has 104 valence electrons. The Labute approximate surface area is 112 Å². The van der Waals surface area contributed by atoms with Crippen LogP contribution in [0.1, 0.15) is 26.3 Å². The second kappa shape index (κ2) is 5.79. The summed E-state index contributed by atoms with van der Waals surface area (Å²) in [5.74, 6) is -0.231.